The lowest BCUT2D eigenvalue weighted by atomic mass is 9.67. The van der Waals surface area contributed by atoms with Crippen molar-refractivity contribution in [2.45, 2.75) is 32.6 Å². The smallest absolute Gasteiger partial charge is 0.0886 e. The van der Waals surface area contributed by atoms with Crippen molar-refractivity contribution in [2.24, 2.45) is 17.8 Å². The normalized spacial score (nSPS) is 21.7. The van der Waals surface area contributed by atoms with Crippen LogP contribution in [0.2, 0.25) is 0 Å². The number of nitrogens with zero attached hydrogens (tertiary/aromatic N) is 2. The number of hydrogen-bond acceptors (Lipinski definition) is 2. The molecule has 4 aromatic rings. The van der Waals surface area contributed by atoms with Gasteiger partial charge in [-0.1, -0.05) is 104 Å². The summed E-state index contributed by atoms with van der Waals surface area (Å²) in [5, 5.41) is 2.83. The van der Waals surface area contributed by atoms with E-state index in [1.807, 2.05) is 30.6 Å². The van der Waals surface area contributed by atoms with E-state index in [1.165, 1.54) is 55.8 Å². The molecule has 0 saturated carbocycles. The van der Waals surface area contributed by atoms with Gasteiger partial charge in [-0.25, -0.2) is 0 Å². The van der Waals surface area contributed by atoms with Crippen LogP contribution in [0, 0.1) is 17.8 Å². The van der Waals surface area contributed by atoms with Gasteiger partial charge in [0.1, 0.15) is 0 Å². The van der Waals surface area contributed by atoms with Crippen LogP contribution < -0.4 is 10.4 Å². The fourth-order valence-electron chi connectivity index (χ4n) is 7.58. The van der Waals surface area contributed by atoms with E-state index in [2.05, 4.69) is 115 Å². The zero-order valence-corrected chi connectivity index (χ0v) is 25.2. The Bertz CT molecular complexity index is 2020. The predicted octanol–water partition coefficient (Wildman–Crippen LogP) is 8.43. The van der Waals surface area contributed by atoms with Gasteiger partial charge in [-0.05, 0) is 105 Å². The Hall–Kier alpha value is -4.82. The molecule has 0 amide bonds. The van der Waals surface area contributed by atoms with Gasteiger partial charge in [0.15, 0.2) is 0 Å². The molecule has 2 aromatic heterocycles. The minimum atomic E-state index is 0.344. The Morgan fingerprint density at radius 3 is 2.16 bits per heavy atom. The van der Waals surface area contributed by atoms with Gasteiger partial charge in [-0.3, -0.25) is 9.97 Å². The monoisotopic (exact) mass is 568 g/mol. The molecule has 214 valence electrons. The van der Waals surface area contributed by atoms with Gasteiger partial charge < -0.3 is 0 Å². The Kier molecular flexibility index (Phi) is 6.91. The molecular weight excluding hydrogens is 532 g/mol. The topological polar surface area (TPSA) is 25.8 Å². The molecule has 2 heteroatoms. The highest BCUT2D eigenvalue weighted by atomic mass is 14.8. The van der Waals surface area contributed by atoms with Crippen molar-refractivity contribution in [2.75, 3.05) is 0 Å². The summed E-state index contributed by atoms with van der Waals surface area (Å²) in [6.45, 7) is 2.31. The molecule has 0 spiro atoms. The molecule has 4 aliphatic carbocycles. The molecule has 0 radical (unpaired) electrons. The lowest BCUT2D eigenvalue weighted by molar-refractivity contribution is 0.607. The van der Waals surface area contributed by atoms with E-state index in [-0.39, 0.29) is 0 Å². The Labute approximate surface area is 259 Å². The first-order valence-electron chi connectivity index (χ1n) is 16.0. The van der Waals surface area contributed by atoms with E-state index in [1.54, 1.807) is 0 Å². The summed E-state index contributed by atoms with van der Waals surface area (Å²) in [6.07, 6.45) is 27.2. The number of hydrogen-bond donors (Lipinski definition) is 0. The van der Waals surface area contributed by atoms with E-state index in [0.29, 0.717) is 17.8 Å². The molecule has 0 N–H and O–H groups in total. The summed E-state index contributed by atoms with van der Waals surface area (Å²) in [6, 6.07) is 26.3. The highest BCUT2D eigenvalue weighted by molar-refractivity contribution is 5.85. The maximum atomic E-state index is 4.74. The van der Waals surface area contributed by atoms with Crippen LogP contribution in [-0.2, 0) is 6.42 Å². The molecule has 4 aliphatic rings. The third kappa shape index (κ3) is 4.75. The van der Waals surface area contributed by atoms with E-state index in [9.17, 15) is 0 Å². The first-order valence-corrected chi connectivity index (χ1v) is 16.0. The molecule has 3 unspecified atom stereocenters. The summed E-state index contributed by atoms with van der Waals surface area (Å²) < 4.78 is 0. The predicted molar refractivity (Wildman–Crippen MR) is 183 cm³/mol. The summed E-state index contributed by atoms with van der Waals surface area (Å²) >= 11 is 0. The van der Waals surface area contributed by atoms with Gasteiger partial charge in [-0.2, -0.15) is 0 Å². The molecule has 0 saturated heterocycles. The van der Waals surface area contributed by atoms with Crippen LogP contribution in [0.15, 0.2) is 139 Å². The summed E-state index contributed by atoms with van der Waals surface area (Å²) in [4.78, 5) is 9.20. The van der Waals surface area contributed by atoms with Crippen LogP contribution in [-0.4, -0.2) is 9.97 Å². The number of pyridine rings is 2. The molecule has 2 aromatic carbocycles. The number of aryl methyl sites for hydroxylation is 1. The van der Waals surface area contributed by atoms with Gasteiger partial charge in [0.05, 0.1) is 11.4 Å². The van der Waals surface area contributed by atoms with Crippen molar-refractivity contribution in [1.82, 2.24) is 9.97 Å². The standard InChI is InChI=1S/C42H36N2/c1-2-28-10-9-11-31(24-28)41-35-12-3-5-14-37(35)42(38-15-6-4-13-36(38)41)32-20-18-29-17-19-30(25-34(29)26-32)33-21-22-40(44-27-33)39-16-7-8-23-43-39/h3-17,19,21-23,25-28,35,37H,2,18,20,24H2,1H3. The second-order valence-electron chi connectivity index (χ2n) is 12.4. The lowest BCUT2D eigenvalue weighted by Gasteiger charge is -2.36. The molecular formula is C42H36N2. The first-order chi connectivity index (χ1) is 21.8. The van der Waals surface area contributed by atoms with Crippen molar-refractivity contribution < 1.29 is 0 Å². The largest absolute Gasteiger partial charge is 0.255 e. The first kappa shape index (κ1) is 26.8. The van der Waals surface area contributed by atoms with Gasteiger partial charge in [0.2, 0.25) is 0 Å². The van der Waals surface area contributed by atoms with Gasteiger partial charge in [0.25, 0.3) is 0 Å². The molecule has 8 rings (SSSR count). The fourth-order valence-corrected chi connectivity index (χ4v) is 7.58. The second-order valence-corrected chi connectivity index (χ2v) is 12.4. The SMILES string of the molecule is CCC1C=CC=C(C2=c3ccccc3=C(C3=Cc4cc(-c5ccc(-c6ccccn6)nc5)ccc4CC3)C3C=CC=CC23)C1. The minimum absolute atomic E-state index is 0.344. The Balaban J connectivity index is 1.23. The summed E-state index contributed by atoms with van der Waals surface area (Å²) in [5.41, 5.74) is 12.9. The van der Waals surface area contributed by atoms with E-state index in [4.69, 9.17) is 4.98 Å². The fraction of sp³-hybridized carbons (Fsp3) is 0.190. The van der Waals surface area contributed by atoms with Crippen molar-refractivity contribution in [1.29, 1.82) is 0 Å². The molecule has 0 bridgehead atoms. The quantitative estimate of drug-likeness (QED) is 0.242. The van der Waals surface area contributed by atoms with Crippen LogP contribution >= 0.6 is 0 Å². The summed E-state index contributed by atoms with van der Waals surface area (Å²) in [5.74, 6) is 1.32. The average molecular weight is 569 g/mol. The highest BCUT2D eigenvalue weighted by Crippen LogP contribution is 2.44. The van der Waals surface area contributed by atoms with Gasteiger partial charge in [0, 0.05) is 29.8 Å². The second kappa shape index (κ2) is 11.4. The van der Waals surface area contributed by atoms with Crippen LogP contribution in [0.4, 0.5) is 0 Å². The molecule has 0 aliphatic heterocycles. The van der Waals surface area contributed by atoms with E-state index in [0.717, 1.165) is 36.2 Å². The maximum absolute atomic E-state index is 4.74. The van der Waals surface area contributed by atoms with Crippen LogP contribution in [0.25, 0.3) is 39.7 Å². The van der Waals surface area contributed by atoms with Gasteiger partial charge >= 0.3 is 0 Å². The number of fused-ring (bicyclic) bond motifs is 3. The molecule has 3 atom stereocenters. The van der Waals surface area contributed by atoms with Gasteiger partial charge in [-0.15, -0.1) is 0 Å². The third-order valence-corrected chi connectivity index (χ3v) is 9.85. The molecule has 2 nitrogen and oxygen atoms in total. The zero-order chi connectivity index (χ0) is 29.5. The van der Waals surface area contributed by atoms with Crippen molar-refractivity contribution in [3.8, 4) is 22.5 Å². The average Bonchev–Trinajstić information content (AvgIpc) is 3.10. The van der Waals surface area contributed by atoms with Crippen molar-refractivity contribution in [3.05, 3.63) is 160 Å². The van der Waals surface area contributed by atoms with Crippen molar-refractivity contribution >= 4 is 17.2 Å². The Morgan fingerprint density at radius 1 is 0.682 bits per heavy atom. The maximum Gasteiger partial charge on any atom is 0.0886 e. The van der Waals surface area contributed by atoms with Crippen LogP contribution in [0.5, 0.6) is 0 Å². The number of aromatic nitrogens is 2. The summed E-state index contributed by atoms with van der Waals surface area (Å²) in [7, 11) is 0. The van der Waals surface area contributed by atoms with E-state index < -0.39 is 0 Å². The van der Waals surface area contributed by atoms with Crippen LogP contribution in [0.3, 0.4) is 0 Å². The number of rotatable bonds is 5. The van der Waals surface area contributed by atoms with Crippen molar-refractivity contribution in [3.63, 3.8) is 0 Å². The zero-order valence-electron chi connectivity index (χ0n) is 25.2. The van der Waals surface area contributed by atoms with E-state index >= 15 is 0 Å². The third-order valence-electron chi connectivity index (χ3n) is 9.85. The van der Waals surface area contributed by atoms with Crippen LogP contribution in [0.1, 0.15) is 37.3 Å². The molecule has 0 fully saturated rings. The highest BCUT2D eigenvalue weighted by Gasteiger charge is 2.34. The molecule has 44 heavy (non-hydrogen) atoms. The number of allylic oxidation sites excluding steroid dienone is 9. The number of benzene rings is 2. The molecule has 2 heterocycles. The minimum Gasteiger partial charge on any atom is -0.255 e. The lowest BCUT2D eigenvalue weighted by Crippen LogP contribution is -2.41. The Morgan fingerprint density at radius 2 is 1.43 bits per heavy atom.